The van der Waals surface area contributed by atoms with Crippen LogP contribution >= 0.6 is 0 Å². The largest absolute Gasteiger partial charge is 0.435 e. The number of pyridine rings is 1. The normalized spacial score (nSPS) is 11.7. The Hall–Kier alpha value is -3.09. The van der Waals surface area contributed by atoms with E-state index in [2.05, 4.69) is 14.5 Å². The second kappa shape index (κ2) is 8.07. The predicted molar refractivity (Wildman–Crippen MR) is 95.1 cm³/mol. The van der Waals surface area contributed by atoms with Gasteiger partial charge in [0, 0.05) is 17.0 Å². The molecule has 3 nitrogen and oxygen atoms in total. The van der Waals surface area contributed by atoms with Crippen LogP contribution in [-0.2, 0) is 0 Å². The molecule has 2 aromatic carbocycles. The van der Waals surface area contributed by atoms with E-state index in [9.17, 15) is 17.6 Å². The third kappa shape index (κ3) is 4.97. The van der Waals surface area contributed by atoms with E-state index >= 15 is 0 Å². The molecule has 0 saturated heterocycles. The number of halogens is 4. The third-order valence-corrected chi connectivity index (χ3v) is 3.73. The van der Waals surface area contributed by atoms with Crippen LogP contribution in [0.3, 0.4) is 0 Å². The summed E-state index contributed by atoms with van der Waals surface area (Å²) in [6.07, 6.45) is 3.15. The highest BCUT2D eigenvalue weighted by Gasteiger charge is 2.12. The predicted octanol–water partition coefficient (Wildman–Crippen LogP) is 5.92. The van der Waals surface area contributed by atoms with Crippen molar-refractivity contribution in [2.24, 2.45) is 0 Å². The summed E-state index contributed by atoms with van der Waals surface area (Å²) in [6, 6.07) is 13.1. The number of alkyl halides is 4. The van der Waals surface area contributed by atoms with Crippen molar-refractivity contribution >= 4 is 23.1 Å². The van der Waals surface area contributed by atoms with Gasteiger partial charge in [0.25, 0.3) is 0 Å². The zero-order valence-electron chi connectivity index (χ0n) is 14.2. The van der Waals surface area contributed by atoms with Crippen LogP contribution in [-0.4, -0.2) is 18.2 Å². The molecule has 27 heavy (non-hydrogen) atoms. The highest BCUT2D eigenvalue weighted by Crippen LogP contribution is 2.29. The van der Waals surface area contributed by atoms with Crippen LogP contribution in [0.5, 0.6) is 11.5 Å². The molecule has 0 radical (unpaired) electrons. The van der Waals surface area contributed by atoms with E-state index in [1.807, 2.05) is 31.2 Å². The van der Waals surface area contributed by atoms with Crippen molar-refractivity contribution in [3.05, 3.63) is 65.4 Å². The number of fused-ring (bicyclic) bond motifs is 1. The van der Waals surface area contributed by atoms with E-state index in [4.69, 9.17) is 0 Å². The second-order valence-electron chi connectivity index (χ2n) is 5.72. The van der Waals surface area contributed by atoms with Gasteiger partial charge in [-0.3, -0.25) is 0 Å². The summed E-state index contributed by atoms with van der Waals surface area (Å²) in [4.78, 5) is 4.48. The summed E-state index contributed by atoms with van der Waals surface area (Å²) in [5.74, 6) is -0.534. The van der Waals surface area contributed by atoms with Crippen molar-refractivity contribution in [1.29, 1.82) is 0 Å². The summed E-state index contributed by atoms with van der Waals surface area (Å²) in [5, 5.41) is 0.988. The van der Waals surface area contributed by atoms with E-state index in [1.54, 1.807) is 12.1 Å². The maximum atomic E-state index is 12.6. The fraction of sp³-hybridized carbons (Fsp3) is 0.150. The number of hydrogen-bond acceptors (Lipinski definition) is 3. The topological polar surface area (TPSA) is 31.4 Å². The Balaban J connectivity index is 1.89. The Morgan fingerprint density at radius 2 is 1.63 bits per heavy atom. The Morgan fingerprint density at radius 1 is 0.852 bits per heavy atom. The lowest BCUT2D eigenvalue weighted by atomic mass is 10.1. The van der Waals surface area contributed by atoms with E-state index in [0.29, 0.717) is 5.69 Å². The molecule has 0 amide bonds. The summed E-state index contributed by atoms with van der Waals surface area (Å²) in [5.41, 5.74) is 2.81. The van der Waals surface area contributed by atoms with Crippen LogP contribution < -0.4 is 9.47 Å². The number of aryl methyl sites for hydroxylation is 1. The fourth-order valence-electron chi connectivity index (χ4n) is 2.56. The van der Waals surface area contributed by atoms with Gasteiger partial charge in [-0.15, -0.1) is 0 Å². The summed E-state index contributed by atoms with van der Waals surface area (Å²) >= 11 is 0. The van der Waals surface area contributed by atoms with Gasteiger partial charge in [0.05, 0.1) is 11.2 Å². The van der Waals surface area contributed by atoms with Crippen LogP contribution in [0.1, 0.15) is 16.8 Å². The van der Waals surface area contributed by atoms with Crippen LogP contribution in [0.15, 0.2) is 48.5 Å². The van der Waals surface area contributed by atoms with Crippen LogP contribution in [0, 0.1) is 6.92 Å². The van der Waals surface area contributed by atoms with Crippen LogP contribution in [0.4, 0.5) is 17.6 Å². The number of nitrogens with zero attached hydrogens (tertiary/aromatic N) is 1. The Kier molecular flexibility index (Phi) is 5.59. The van der Waals surface area contributed by atoms with Gasteiger partial charge in [-0.25, -0.2) is 4.98 Å². The minimum absolute atomic E-state index is 0.267. The molecule has 7 heteroatoms. The number of aromatic nitrogens is 1. The molecule has 0 atom stereocenters. The van der Waals surface area contributed by atoms with E-state index in [-0.39, 0.29) is 17.1 Å². The first-order valence-corrected chi connectivity index (χ1v) is 8.00. The minimum atomic E-state index is -3.10. The Bertz CT molecular complexity index is 973. The Labute approximate surface area is 152 Å². The summed E-state index contributed by atoms with van der Waals surface area (Å²) < 4.78 is 58.5. The smallest absolute Gasteiger partial charge is 0.387 e. The molecule has 3 aromatic rings. The molecule has 0 bridgehead atoms. The molecule has 3 rings (SSSR count). The quantitative estimate of drug-likeness (QED) is 0.500. The highest BCUT2D eigenvalue weighted by atomic mass is 19.3. The molecule has 1 aromatic heterocycles. The number of hydrogen-bond donors (Lipinski definition) is 0. The van der Waals surface area contributed by atoms with Crippen LogP contribution in [0.2, 0.25) is 0 Å². The van der Waals surface area contributed by atoms with Crippen molar-refractivity contribution in [2.45, 2.75) is 20.1 Å². The minimum Gasteiger partial charge on any atom is -0.435 e. The summed E-state index contributed by atoms with van der Waals surface area (Å²) in [7, 11) is 0. The first-order valence-electron chi connectivity index (χ1n) is 8.00. The van der Waals surface area contributed by atoms with Gasteiger partial charge < -0.3 is 9.47 Å². The van der Waals surface area contributed by atoms with E-state index in [0.717, 1.165) is 22.5 Å². The maximum absolute atomic E-state index is 12.6. The molecule has 0 aliphatic heterocycles. The van der Waals surface area contributed by atoms with Crippen molar-refractivity contribution < 1.29 is 27.0 Å². The number of benzene rings is 2. The van der Waals surface area contributed by atoms with Crippen LogP contribution in [0.25, 0.3) is 23.1 Å². The molecular weight excluding hydrogens is 362 g/mol. The van der Waals surface area contributed by atoms with Crippen molar-refractivity contribution in [2.75, 3.05) is 0 Å². The lowest BCUT2D eigenvalue weighted by Crippen LogP contribution is -2.05. The molecule has 0 aliphatic rings. The van der Waals surface area contributed by atoms with Gasteiger partial charge in [0.2, 0.25) is 0 Å². The van der Waals surface area contributed by atoms with Gasteiger partial charge >= 0.3 is 13.2 Å². The van der Waals surface area contributed by atoms with Gasteiger partial charge in [0.15, 0.2) is 0 Å². The third-order valence-electron chi connectivity index (χ3n) is 3.73. The van der Waals surface area contributed by atoms with Gasteiger partial charge in [-0.05, 0) is 49.4 Å². The maximum Gasteiger partial charge on any atom is 0.387 e. The lowest BCUT2D eigenvalue weighted by molar-refractivity contribution is -0.0543. The summed E-state index contributed by atoms with van der Waals surface area (Å²) in [6.45, 7) is -4.17. The molecule has 0 spiro atoms. The number of rotatable bonds is 6. The average molecular weight is 377 g/mol. The standard InChI is InChI=1S/C20H15F4NO2/c1-12-2-9-17-14(10-12)4-7-15(25-17)6-3-13-5-8-16(26-19(21)22)11-18(13)27-20(23)24/h2-11,19-20H,1H3/b6-3-. The van der Waals surface area contributed by atoms with E-state index < -0.39 is 13.2 Å². The van der Waals surface area contributed by atoms with Gasteiger partial charge in [-0.1, -0.05) is 17.7 Å². The molecule has 0 aliphatic carbocycles. The zero-order chi connectivity index (χ0) is 19.4. The molecule has 0 saturated carbocycles. The first kappa shape index (κ1) is 18.7. The molecule has 1 heterocycles. The van der Waals surface area contributed by atoms with Gasteiger partial charge in [-0.2, -0.15) is 17.6 Å². The zero-order valence-corrected chi connectivity index (χ0v) is 14.2. The average Bonchev–Trinajstić information content (AvgIpc) is 2.60. The van der Waals surface area contributed by atoms with Crippen molar-refractivity contribution in [3.8, 4) is 11.5 Å². The van der Waals surface area contributed by atoms with Crippen molar-refractivity contribution in [3.63, 3.8) is 0 Å². The molecule has 140 valence electrons. The number of ether oxygens (including phenoxy) is 2. The Morgan fingerprint density at radius 3 is 2.37 bits per heavy atom. The molecule has 0 fully saturated rings. The van der Waals surface area contributed by atoms with Crippen molar-refractivity contribution in [1.82, 2.24) is 4.98 Å². The first-order chi connectivity index (χ1) is 12.9. The molecule has 0 N–H and O–H groups in total. The lowest BCUT2D eigenvalue weighted by Gasteiger charge is -2.11. The SMILES string of the molecule is Cc1ccc2nc(/C=C\c3ccc(OC(F)F)cc3OC(F)F)ccc2c1. The fourth-order valence-corrected chi connectivity index (χ4v) is 2.56. The molecule has 0 unspecified atom stereocenters. The second-order valence-corrected chi connectivity index (χ2v) is 5.72. The van der Waals surface area contributed by atoms with Gasteiger partial charge in [0.1, 0.15) is 11.5 Å². The van der Waals surface area contributed by atoms with E-state index in [1.165, 1.54) is 18.2 Å². The highest BCUT2D eigenvalue weighted by molar-refractivity contribution is 5.82. The molecular formula is C20H15F4NO2. The monoisotopic (exact) mass is 377 g/mol.